The summed E-state index contributed by atoms with van der Waals surface area (Å²) in [7, 11) is 0.572. The molecular formula is C19H19N3O5S2. The number of aliphatic hydroxyl groups is 1. The van der Waals surface area contributed by atoms with Crippen LogP contribution in [0.4, 0.5) is 0 Å². The van der Waals surface area contributed by atoms with Gasteiger partial charge in [-0.15, -0.1) is 0 Å². The third kappa shape index (κ3) is 1.89. The highest BCUT2D eigenvalue weighted by atomic mass is 32.8. The number of likely N-dealkylation sites (N-methyl/N-ethyl adjacent to an activating group) is 1. The number of nitriles is 1. The van der Waals surface area contributed by atoms with Crippen LogP contribution in [0.15, 0.2) is 18.2 Å². The van der Waals surface area contributed by atoms with Crippen molar-refractivity contribution in [3.8, 4) is 17.6 Å². The smallest absolute Gasteiger partial charge is 0.261 e. The lowest BCUT2D eigenvalue weighted by Crippen LogP contribution is -2.60. The minimum Gasteiger partial charge on any atom is -0.454 e. The first kappa shape index (κ1) is 18.8. The predicted molar refractivity (Wildman–Crippen MR) is 105 cm³/mol. The molecular weight excluding hydrogens is 414 g/mol. The molecule has 0 aliphatic carbocycles. The van der Waals surface area contributed by atoms with Crippen LogP contribution in [0.2, 0.25) is 0 Å². The van der Waals surface area contributed by atoms with Gasteiger partial charge in [0.2, 0.25) is 6.79 Å². The van der Waals surface area contributed by atoms with Crippen LogP contribution >= 0.6 is 0 Å². The molecule has 5 atom stereocenters. The van der Waals surface area contributed by atoms with Gasteiger partial charge in [0.15, 0.2) is 21.2 Å². The van der Waals surface area contributed by atoms with E-state index < -0.39 is 30.7 Å². The Morgan fingerprint density at radius 1 is 1.34 bits per heavy atom. The number of hydrogen-bond acceptors (Lipinski definition) is 7. The molecule has 3 fully saturated rings. The normalized spacial score (nSPS) is 39.2. The number of benzene rings is 1. The van der Waals surface area contributed by atoms with E-state index in [1.54, 1.807) is 37.1 Å². The van der Waals surface area contributed by atoms with Crippen LogP contribution < -0.4 is 9.47 Å². The van der Waals surface area contributed by atoms with Crippen molar-refractivity contribution in [2.75, 3.05) is 20.4 Å². The number of aliphatic hydroxyl groups excluding tert-OH is 1. The van der Waals surface area contributed by atoms with Crippen LogP contribution in [-0.4, -0.2) is 56.9 Å². The van der Waals surface area contributed by atoms with Crippen molar-refractivity contribution in [1.82, 2.24) is 9.80 Å². The molecule has 1 aromatic rings. The first-order valence-electron chi connectivity index (χ1n) is 9.23. The zero-order valence-electron chi connectivity index (χ0n) is 15.9. The van der Waals surface area contributed by atoms with Gasteiger partial charge in [-0.1, -0.05) is 15.5 Å². The summed E-state index contributed by atoms with van der Waals surface area (Å²) < 4.78 is 10.9. The van der Waals surface area contributed by atoms with Crippen molar-refractivity contribution in [2.24, 2.45) is 5.41 Å². The average Bonchev–Trinajstić information content (AvgIpc) is 3.37. The molecule has 4 aliphatic heterocycles. The van der Waals surface area contributed by atoms with E-state index in [0.717, 1.165) is 0 Å². The topological polar surface area (TPSA) is 103 Å². The molecule has 2 bridgehead atoms. The van der Waals surface area contributed by atoms with E-state index >= 15 is 0 Å². The Hall–Kier alpha value is -2.22. The predicted octanol–water partition coefficient (Wildman–Crippen LogP) is 0.559. The third-order valence-electron chi connectivity index (χ3n) is 6.78. The van der Waals surface area contributed by atoms with Gasteiger partial charge < -0.3 is 24.4 Å². The fraction of sp³-hybridized carbons (Fsp3) is 0.526. The van der Waals surface area contributed by atoms with E-state index in [-0.39, 0.29) is 38.1 Å². The lowest BCUT2D eigenvalue weighted by Gasteiger charge is -2.40. The Morgan fingerprint density at radius 2 is 2.07 bits per heavy atom. The number of piperazine rings is 1. The number of rotatable bonds is 3. The summed E-state index contributed by atoms with van der Waals surface area (Å²) in [6.45, 7) is 1.58. The lowest BCUT2D eigenvalue weighted by atomic mass is 9.75. The molecule has 2 unspecified atom stereocenters. The van der Waals surface area contributed by atoms with Crippen molar-refractivity contribution < 1.29 is 24.2 Å². The van der Waals surface area contributed by atoms with E-state index in [9.17, 15) is 20.0 Å². The van der Waals surface area contributed by atoms with Gasteiger partial charge in [0.05, 0.1) is 17.5 Å². The molecule has 4 heterocycles. The minimum atomic E-state index is -1.23. The fourth-order valence-corrected chi connectivity index (χ4v) is 8.73. The highest BCUT2D eigenvalue weighted by molar-refractivity contribution is 8.31. The van der Waals surface area contributed by atoms with E-state index in [1.807, 2.05) is 0 Å². The van der Waals surface area contributed by atoms with Gasteiger partial charge in [-0.2, -0.15) is 5.26 Å². The maximum atomic E-state index is 13.6. The molecule has 0 radical (unpaired) electrons. The van der Waals surface area contributed by atoms with Gasteiger partial charge in [0.1, 0.15) is 0 Å². The Balaban J connectivity index is 1.75. The highest BCUT2D eigenvalue weighted by Crippen LogP contribution is 2.66. The van der Waals surface area contributed by atoms with Crippen LogP contribution in [0.3, 0.4) is 0 Å². The summed E-state index contributed by atoms with van der Waals surface area (Å²) in [5.41, 5.74) is -0.460. The Labute approximate surface area is 174 Å². The zero-order chi connectivity index (χ0) is 20.8. The van der Waals surface area contributed by atoms with Gasteiger partial charge in [0, 0.05) is 20.1 Å². The molecule has 1 N–H and O–H groups in total. The van der Waals surface area contributed by atoms with Crippen LogP contribution in [0.5, 0.6) is 11.5 Å². The monoisotopic (exact) mass is 433 g/mol. The molecule has 2 amide bonds. The maximum Gasteiger partial charge on any atom is 0.261 e. The van der Waals surface area contributed by atoms with E-state index in [2.05, 4.69) is 6.07 Å². The summed E-state index contributed by atoms with van der Waals surface area (Å²) in [5.74, 6) is 0.656. The van der Waals surface area contributed by atoms with Crippen LogP contribution in [0.25, 0.3) is 0 Å². The van der Waals surface area contributed by atoms with Crippen LogP contribution in [0, 0.1) is 16.7 Å². The van der Waals surface area contributed by atoms with Crippen molar-refractivity contribution in [1.29, 1.82) is 5.26 Å². The van der Waals surface area contributed by atoms with Crippen molar-refractivity contribution in [2.45, 2.75) is 35.5 Å². The van der Waals surface area contributed by atoms with Crippen LogP contribution in [0.1, 0.15) is 31.4 Å². The molecule has 0 saturated carbocycles. The van der Waals surface area contributed by atoms with Gasteiger partial charge in [-0.3, -0.25) is 9.59 Å². The average molecular weight is 434 g/mol. The van der Waals surface area contributed by atoms with E-state index in [0.29, 0.717) is 17.1 Å². The number of fused-ring (bicyclic) bond motifs is 2. The number of amides is 2. The Kier molecular flexibility index (Phi) is 3.68. The number of ether oxygens (including phenoxy) is 2. The number of carbonyl (C=O) groups excluding carboxylic acids is 2. The molecule has 3 saturated heterocycles. The second kappa shape index (κ2) is 5.68. The Morgan fingerprint density at radius 3 is 2.76 bits per heavy atom. The van der Waals surface area contributed by atoms with Gasteiger partial charge in [-0.25, -0.2) is 0 Å². The van der Waals surface area contributed by atoms with Gasteiger partial charge in [0.25, 0.3) is 11.8 Å². The van der Waals surface area contributed by atoms with Crippen LogP contribution in [-0.2, 0) is 30.2 Å². The molecule has 8 nitrogen and oxygen atoms in total. The molecule has 1 spiro atoms. The van der Waals surface area contributed by atoms with E-state index in [4.69, 9.17) is 20.7 Å². The lowest BCUT2D eigenvalue weighted by molar-refractivity contribution is -0.159. The zero-order valence-corrected chi connectivity index (χ0v) is 17.5. The molecule has 152 valence electrons. The van der Waals surface area contributed by atoms with E-state index in [1.165, 1.54) is 4.90 Å². The molecule has 29 heavy (non-hydrogen) atoms. The van der Waals surface area contributed by atoms with Gasteiger partial charge >= 0.3 is 0 Å². The molecule has 1 aromatic carbocycles. The van der Waals surface area contributed by atoms with Gasteiger partial charge in [-0.05, 0) is 42.2 Å². The molecule has 10 heteroatoms. The first-order valence-corrected chi connectivity index (χ1v) is 11.4. The summed E-state index contributed by atoms with van der Waals surface area (Å²) in [5, 5.41) is 20.0. The second-order valence-corrected chi connectivity index (χ2v) is 11.0. The molecule has 4 aliphatic rings. The van der Waals surface area contributed by atoms with Crippen molar-refractivity contribution in [3.63, 3.8) is 0 Å². The molecule has 5 rings (SSSR count). The highest BCUT2D eigenvalue weighted by Gasteiger charge is 2.81. The fourth-order valence-electron chi connectivity index (χ4n) is 5.25. The van der Waals surface area contributed by atoms with Crippen molar-refractivity contribution in [3.05, 3.63) is 23.8 Å². The summed E-state index contributed by atoms with van der Waals surface area (Å²) in [4.78, 5) is 27.6. The minimum absolute atomic E-state index is 0.104. The number of carbonyl (C=O) groups is 2. The first-order chi connectivity index (χ1) is 13.8. The largest absolute Gasteiger partial charge is 0.454 e. The maximum absolute atomic E-state index is 13.6. The van der Waals surface area contributed by atoms with Crippen molar-refractivity contribution >= 4 is 32.5 Å². The Bertz CT molecular complexity index is 1040. The summed E-state index contributed by atoms with van der Waals surface area (Å²) >= 11 is 5.79. The summed E-state index contributed by atoms with van der Waals surface area (Å²) in [6.07, 6.45) is 0.252. The molecule has 0 aromatic heterocycles. The standard InChI is InChI=1S/C19H19N3O5S2/c1-17-15(24)22-14(11-3-4-12-13(7-11)27-10-26-12)18(9-20,5-6-23)8-19(22,29(17)28)16(25)21(17)2/h3-4,7,14,23H,5-6,8,10H2,1-2H3/t14?,17-,18-,19+,29?/m1/s1. The number of hydrogen-bond donors (Lipinski definition) is 1. The third-order valence-corrected chi connectivity index (χ3v) is 10.9. The SMILES string of the molecule is CN1C(=O)[C@@]23C[C@@](C#N)(CCO)C(c4ccc5c(c4)OCO5)N2C(=O)[C@@]1(C)S3=S. The second-order valence-electron chi connectivity index (χ2n) is 8.01. The summed E-state index contributed by atoms with van der Waals surface area (Å²) in [6, 6.07) is 6.93. The quantitative estimate of drug-likeness (QED) is 0.743. The number of nitrogens with zero attached hydrogens (tertiary/aromatic N) is 3.